The molecule has 0 spiro atoms. The van der Waals surface area contributed by atoms with Gasteiger partial charge in [-0.25, -0.2) is 8.42 Å². The molecule has 0 amide bonds. The van der Waals surface area contributed by atoms with Crippen LogP contribution in [0.1, 0.15) is 6.92 Å². The molecule has 0 heterocycles. The molecular formula is C3H9ClO3S. The molecule has 0 bridgehead atoms. The minimum Gasteiger partial charge on any atom is -0.397 e. The predicted molar refractivity (Wildman–Crippen MR) is 33.5 cm³/mol. The van der Waals surface area contributed by atoms with Gasteiger partial charge in [-0.1, -0.05) is 0 Å². The Balaban J connectivity index is 0. The van der Waals surface area contributed by atoms with Crippen molar-refractivity contribution >= 4 is 19.7 Å². The van der Waals surface area contributed by atoms with Gasteiger partial charge in [-0.05, 0) is 6.92 Å². The standard InChI is InChI=1S/C2H6O.CH3ClO2S/c1-2-3;1-5(2,3)4/h3H,2H2,1H3;1H3. The van der Waals surface area contributed by atoms with Crippen LogP contribution in [0.2, 0.25) is 0 Å². The molecule has 5 heteroatoms. The highest BCUT2D eigenvalue weighted by molar-refractivity contribution is 8.13. The van der Waals surface area contributed by atoms with Gasteiger partial charge >= 0.3 is 0 Å². The molecule has 0 aromatic heterocycles. The molecule has 0 fully saturated rings. The second kappa shape index (κ2) is 5.34. The van der Waals surface area contributed by atoms with E-state index in [1.807, 2.05) is 0 Å². The number of hydrogen-bond donors (Lipinski definition) is 1. The molecule has 0 aliphatic heterocycles. The lowest BCUT2D eigenvalue weighted by Gasteiger charge is -1.65. The van der Waals surface area contributed by atoms with Crippen LogP contribution in [-0.2, 0) is 9.05 Å². The first-order valence-corrected chi connectivity index (χ1v) is 4.64. The second-order valence-electron chi connectivity index (χ2n) is 0.998. The van der Waals surface area contributed by atoms with Crippen LogP contribution >= 0.6 is 10.7 Å². The first-order valence-electron chi connectivity index (χ1n) is 1.92. The third-order valence-corrected chi connectivity index (χ3v) is 0. The van der Waals surface area contributed by atoms with Crippen molar-refractivity contribution in [1.29, 1.82) is 0 Å². The smallest absolute Gasteiger partial charge is 0.229 e. The molecular weight excluding hydrogens is 152 g/mol. The van der Waals surface area contributed by atoms with Gasteiger partial charge in [0.15, 0.2) is 0 Å². The van der Waals surface area contributed by atoms with E-state index in [9.17, 15) is 8.42 Å². The van der Waals surface area contributed by atoms with Gasteiger partial charge in [0.05, 0.1) is 6.26 Å². The fourth-order valence-corrected chi connectivity index (χ4v) is 0. The van der Waals surface area contributed by atoms with Crippen molar-refractivity contribution in [1.82, 2.24) is 0 Å². The van der Waals surface area contributed by atoms with Gasteiger partial charge in [-0.2, -0.15) is 0 Å². The zero-order chi connectivity index (χ0) is 7.21. The summed E-state index contributed by atoms with van der Waals surface area (Å²) in [5.74, 6) is 0. The molecule has 52 valence electrons. The van der Waals surface area contributed by atoms with E-state index in [-0.39, 0.29) is 6.61 Å². The molecule has 0 aliphatic rings. The van der Waals surface area contributed by atoms with E-state index in [0.717, 1.165) is 6.26 Å². The first-order chi connectivity index (χ1) is 3.41. The Morgan fingerprint density at radius 2 is 1.62 bits per heavy atom. The van der Waals surface area contributed by atoms with Gasteiger partial charge in [0.25, 0.3) is 0 Å². The third kappa shape index (κ3) is 4190. The number of aliphatic hydroxyl groups excluding tert-OH is 1. The Labute approximate surface area is 53.7 Å². The van der Waals surface area contributed by atoms with Crippen molar-refractivity contribution in [2.24, 2.45) is 0 Å². The fourth-order valence-electron chi connectivity index (χ4n) is 0. The Morgan fingerprint density at radius 1 is 1.62 bits per heavy atom. The maximum absolute atomic E-state index is 9.40. The average Bonchev–Trinajstić information content (AvgIpc) is 1.27. The predicted octanol–water partition coefficient (Wildman–Crippen LogP) is 0.183. The Morgan fingerprint density at radius 3 is 1.62 bits per heavy atom. The average molecular weight is 161 g/mol. The van der Waals surface area contributed by atoms with Gasteiger partial charge < -0.3 is 5.11 Å². The lowest BCUT2D eigenvalue weighted by molar-refractivity contribution is 0.318. The van der Waals surface area contributed by atoms with Crippen molar-refractivity contribution in [3.05, 3.63) is 0 Å². The second-order valence-corrected chi connectivity index (χ2v) is 4.04. The normalized spacial score (nSPS) is 9.50. The lowest BCUT2D eigenvalue weighted by atomic mass is 10.9. The van der Waals surface area contributed by atoms with Gasteiger partial charge in [0.1, 0.15) is 0 Å². The molecule has 1 N–H and O–H groups in total. The summed E-state index contributed by atoms with van der Waals surface area (Å²) in [6.45, 7) is 1.93. The maximum Gasteiger partial charge on any atom is 0.229 e. The molecule has 3 nitrogen and oxygen atoms in total. The van der Waals surface area contributed by atoms with Crippen LogP contribution < -0.4 is 0 Å². The van der Waals surface area contributed by atoms with Crippen LogP contribution in [0.5, 0.6) is 0 Å². The molecule has 8 heavy (non-hydrogen) atoms. The number of halogens is 1. The number of aliphatic hydroxyl groups is 1. The van der Waals surface area contributed by atoms with Crippen molar-refractivity contribution < 1.29 is 13.5 Å². The van der Waals surface area contributed by atoms with Crippen LogP contribution in [-0.4, -0.2) is 26.4 Å². The Bertz CT molecular complexity index is 108. The van der Waals surface area contributed by atoms with Crippen LogP contribution in [0, 0.1) is 0 Å². The quantitative estimate of drug-likeness (QED) is 0.515. The third-order valence-electron chi connectivity index (χ3n) is 0. The van der Waals surface area contributed by atoms with E-state index < -0.39 is 9.05 Å². The van der Waals surface area contributed by atoms with Crippen LogP contribution in [0.25, 0.3) is 0 Å². The lowest BCUT2D eigenvalue weighted by Crippen LogP contribution is -1.76. The molecule has 0 aromatic carbocycles. The van der Waals surface area contributed by atoms with Crippen LogP contribution in [0.15, 0.2) is 0 Å². The highest BCUT2D eigenvalue weighted by Gasteiger charge is 1.83. The van der Waals surface area contributed by atoms with E-state index >= 15 is 0 Å². The van der Waals surface area contributed by atoms with E-state index in [1.54, 1.807) is 6.92 Å². The van der Waals surface area contributed by atoms with Crippen LogP contribution in [0.4, 0.5) is 0 Å². The summed E-state index contributed by atoms with van der Waals surface area (Å²) >= 11 is 0. The van der Waals surface area contributed by atoms with E-state index in [0.29, 0.717) is 0 Å². The van der Waals surface area contributed by atoms with E-state index in [2.05, 4.69) is 10.7 Å². The first kappa shape index (κ1) is 11.1. The number of rotatable bonds is 0. The van der Waals surface area contributed by atoms with Crippen molar-refractivity contribution in [2.45, 2.75) is 6.92 Å². The number of hydrogen-bond acceptors (Lipinski definition) is 3. The van der Waals surface area contributed by atoms with Gasteiger partial charge in [0.2, 0.25) is 9.05 Å². The topological polar surface area (TPSA) is 54.4 Å². The largest absolute Gasteiger partial charge is 0.397 e. The Hall–Kier alpha value is 0.200. The maximum atomic E-state index is 9.40. The SMILES string of the molecule is CCO.CS(=O)(=O)Cl. The minimum atomic E-state index is -3.19. The summed E-state index contributed by atoms with van der Waals surface area (Å²) < 4.78 is 18.8. The summed E-state index contributed by atoms with van der Waals surface area (Å²) in [4.78, 5) is 0. The minimum absolute atomic E-state index is 0.250. The fraction of sp³-hybridized carbons (Fsp3) is 1.00. The molecule has 0 aliphatic carbocycles. The van der Waals surface area contributed by atoms with Gasteiger partial charge in [-0.3, -0.25) is 0 Å². The molecule has 0 atom stereocenters. The summed E-state index contributed by atoms with van der Waals surface area (Å²) in [7, 11) is 1.31. The zero-order valence-electron chi connectivity index (χ0n) is 4.76. The molecule has 0 radical (unpaired) electrons. The summed E-state index contributed by atoms with van der Waals surface area (Å²) in [5, 5.41) is 7.57. The Kier molecular flexibility index (Phi) is 7.38. The summed E-state index contributed by atoms with van der Waals surface area (Å²) in [5.41, 5.74) is 0. The highest BCUT2D eigenvalue weighted by atomic mass is 35.7. The highest BCUT2D eigenvalue weighted by Crippen LogP contribution is 1.83. The molecule has 0 saturated carbocycles. The van der Waals surface area contributed by atoms with Gasteiger partial charge in [-0.15, -0.1) is 0 Å². The van der Waals surface area contributed by atoms with Crippen molar-refractivity contribution in [3.63, 3.8) is 0 Å². The van der Waals surface area contributed by atoms with E-state index in [4.69, 9.17) is 5.11 Å². The summed E-state index contributed by atoms with van der Waals surface area (Å²) in [6, 6.07) is 0. The molecule has 0 rings (SSSR count). The van der Waals surface area contributed by atoms with E-state index in [1.165, 1.54) is 0 Å². The summed E-state index contributed by atoms with van der Waals surface area (Å²) in [6.07, 6.45) is 0.925. The zero-order valence-corrected chi connectivity index (χ0v) is 6.33. The van der Waals surface area contributed by atoms with Crippen molar-refractivity contribution in [3.8, 4) is 0 Å². The van der Waals surface area contributed by atoms with Gasteiger partial charge in [0, 0.05) is 17.3 Å². The molecule has 0 saturated heterocycles. The molecule has 0 unspecified atom stereocenters. The monoisotopic (exact) mass is 160 g/mol. The van der Waals surface area contributed by atoms with Crippen LogP contribution in [0.3, 0.4) is 0 Å². The molecule has 0 aromatic rings. The van der Waals surface area contributed by atoms with Crippen molar-refractivity contribution in [2.75, 3.05) is 12.9 Å².